The number of unbranched alkanes of at least 4 members (excludes halogenated alkanes) is 4. The van der Waals surface area contributed by atoms with E-state index in [1.165, 1.54) is 12.0 Å². The Morgan fingerprint density at radius 3 is 2.62 bits per heavy atom. The normalized spacial score (nSPS) is 25.1. The van der Waals surface area contributed by atoms with Crippen LogP contribution in [0.2, 0.25) is 0 Å². The molecule has 0 bridgehead atoms. The minimum atomic E-state index is -0.636. The molecule has 1 N–H and O–H groups in total. The predicted octanol–water partition coefficient (Wildman–Crippen LogP) is 3.22. The van der Waals surface area contributed by atoms with E-state index in [1.54, 1.807) is 6.92 Å². The first-order valence-electron chi connectivity index (χ1n) is 8.92. The van der Waals surface area contributed by atoms with Crippen molar-refractivity contribution in [2.75, 3.05) is 6.79 Å². The number of rotatable bonds is 8. The van der Waals surface area contributed by atoms with Crippen LogP contribution in [0.5, 0.6) is 11.5 Å². The molecule has 0 spiro atoms. The number of aliphatic hydroxyl groups excluding tert-OH is 1. The molecule has 1 aromatic rings. The van der Waals surface area contributed by atoms with Gasteiger partial charge in [-0.2, -0.15) is 0 Å². The second-order valence-corrected chi connectivity index (χ2v) is 6.73. The lowest BCUT2D eigenvalue weighted by Gasteiger charge is -2.11. The summed E-state index contributed by atoms with van der Waals surface area (Å²) in [6.07, 6.45) is 6.30. The van der Waals surface area contributed by atoms with Crippen molar-refractivity contribution in [3.05, 3.63) is 23.8 Å². The van der Waals surface area contributed by atoms with Gasteiger partial charge in [0, 0.05) is 0 Å². The smallest absolute Gasteiger partial charge is 0.312 e. The number of carbonyl (C=O) groups is 1. The van der Waals surface area contributed by atoms with E-state index in [0.29, 0.717) is 6.79 Å². The highest BCUT2D eigenvalue weighted by atomic mass is 16.7. The van der Waals surface area contributed by atoms with Gasteiger partial charge in [-0.3, -0.25) is 4.79 Å². The van der Waals surface area contributed by atoms with Gasteiger partial charge in [0.25, 0.3) is 0 Å². The molecule has 3 atom stereocenters. The molecule has 0 saturated carbocycles. The zero-order valence-electron chi connectivity index (χ0n) is 14.2. The molecule has 132 valence electrons. The monoisotopic (exact) mass is 334 g/mol. The molecule has 2 aliphatic heterocycles. The lowest BCUT2D eigenvalue weighted by molar-refractivity contribution is -0.143. The molecular formula is C19H26O5. The minimum Gasteiger partial charge on any atom is -0.460 e. The largest absolute Gasteiger partial charge is 0.460 e. The zero-order valence-corrected chi connectivity index (χ0v) is 14.2. The van der Waals surface area contributed by atoms with E-state index in [-0.39, 0.29) is 18.0 Å². The third kappa shape index (κ3) is 4.01. The van der Waals surface area contributed by atoms with Gasteiger partial charge in [-0.25, -0.2) is 0 Å². The number of hydrogen-bond acceptors (Lipinski definition) is 5. The van der Waals surface area contributed by atoms with E-state index in [0.717, 1.165) is 50.0 Å². The van der Waals surface area contributed by atoms with Gasteiger partial charge in [0.1, 0.15) is 12.2 Å². The predicted molar refractivity (Wildman–Crippen MR) is 89.0 cm³/mol. The molecule has 2 heterocycles. The number of cyclic esters (lactones) is 1. The maximum absolute atomic E-state index is 11.6. The molecule has 24 heavy (non-hydrogen) atoms. The van der Waals surface area contributed by atoms with Crippen LogP contribution in [-0.2, 0) is 16.0 Å². The number of aryl methyl sites for hydroxylation is 1. The van der Waals surface area contributed by atoms with E-state index in [4.69, 9.17) is 14.2 Å². The molecule has 1 saturated heterocycles. The van der Waals surface area contributed by atoms with E-state index in [2.05, 4.69) is 12.1 Å². The van der Waals surface area contributed by atoms with Gasteiger partial charge >= 0.3 is 5.97 Å². The highest BCUT2D eigenvalue weighted by molar-refractivity contribution is 5.75. The highest BCUT2D eigenvalue weighted by Crippen LogP contribution is 2.33. The molecule has 3 rings (SSSR count). The fourth-order valence-electron chi connectivity index (χ4n) is 3.42. The van der Waals surface area contributed by atoms with Crippen LogP contribution in [0.1, 0.15) is 51.0 Å². The molecule has 0 aromatic heterocycles. The summed E-state index contributed by atoms with van der Waals surface area (Å²) in [5.74, 6) is 1.12. The van der Waals surface area contributed by atoms with Crippen molar-refractivity contribution in [2.45, 2.75) is 64.1 Å². The molecule has 0 amide bonds. The first-order chi connectivity index (χ1) is 11.6. The van der Waals surface area contributed by atoms with Gasteiger partial charge in [-0.1, -0.05) is 31.7 Å². The van der Waals surface area contributed by atoms with Crippen molar-refractivity contribution in [3.8, 4) is 11.5 Å². The maximum atomic E-state index is 11.6. The van der Waals surface area contributed by atoms with Crippen molar-refractivity contribution < 1.29 is 24.1 Å². The third-order valence-corrected chi connectivity index (χ3v) is 4.92. The maximum Gasteiger partial charge on any atom is 0.312 e. The molecular weight excluding hydrogens is 308 g/mol. The molecule has 1 fully saturated rings. The van der Waals surface area contributed by atoms with E-state index in [1.807, 2.05) is 6.07 Å². The fourth-order valence-corrected chi connectivity index (χ4v) is 3.42. The van der Waals surface area contributed by atoms with Crippen LogP contribution >= 0.6 is 0 Å². The van der Waals surface area contributed by atoms with E-state index < -0.39 is 6.10 Å². The summed E-state index contributed by atoms with van der Waals surface area (Å²) in [5, 5.41) is 9.90. The fraction of sp³-hybridized carbons (Fsp3) is 0.632. The van der Waals surface area contributed by atoms with E-state index >= 15 is 0 Å². The van der Waals surface area contributed by atoms with Crippen LogP contribution in [0.15, 0.2) is 18.2 Å². The number of carbonyl (C=O) groups excluding carboxylic acids is 1. The quantitative estimate of drug-likeness (QED) is 0.584. The summed E-state index contributed by atoms with van der Waals surface area (Å²) in [6, 6.07) is 6.14. The summed E-state index contributed by atoms with van der Waals surface area (Å²) >= 11 is 0. The lowest BCUT2D eigenvalue weighted by atomic mass is 9.95. The SMILES string of the molecule is CC1OC(=O)C(CCCCCCCc2ccc3c(c2)OCO3)C1O. The molecule has 5 heteroatoms. The first-order valence-corrected chi connectivity index (χ1v) is 8.92. The van der Waals surface area contributed by atoms with Crippen molar-refractivity contribution in [3.63, 3.8) is 0 Å². The molecule has 1 aromatic carbocycles. The van der Waals surface area contributed by atoms with Crippen LogP contribution in [0, 0.1) is 5.92 Å². The van der Waals surface area contributed by atoms with Crippen LogP contribution in [-0.4, -0.2) is 30.1 Å². The Labute approximate surface area is 142 Å². The third-order valence-electron chi connectivity index (χ3n) is 4.92. The summed E-state index contributed by atoms with van der Waals surface area (Å²) in [7, 11) is 0. The Bertz CT molecular complexity index is 571. The Kier molecular flexibility index (Phi) is 5.61. The van der Waals surface area contributed by atoms with Crippen molar-refractivity contribution >= 4 is 5.97 Å². The van der Waals surface area contributed by atoms with Gasteiger partial charge in [0.2, 0.25) is 6.79 Å². The lowest BCUT2D eigenvalue weighted by Crippen LogP contribution is -2.24. The summed E-state index contributed by atoms with van der Waals surface area (Å²) < 4.78 is 15.8. The van der Waals surface area contributed by atoms with Gasteiger partial charge in [0.15, 0.2) is 11.5 Å². The Morgan fingerprint density at radius 2 is 1.83 bits per heavy atom. The van der Waals surface area contributed by atoms with Gasteiger partial charge < -0.3 is 19.3 Å². The standard InChI is InChI=1S/C19H26O5/c1-13-18(20)15(19(21)24-13)8-6-4-2-3-5-7-14-9-10-16-17(11-14)23-12-22-16/h9-11,13,15,18,20H,2-8,12H2,1H3. The summed E-state index contributed by atoms with van der Waals surface area (Å²) in [4.78, 5) is 11.6. The molecule has 2 aliphatic rings. The van der Waals surface area contributed by atoms with Crippen molar-refractivity contribution in [1.29, 1.82) is 0 Å². The second-order valence-electron chi connectivity index (χ2n) is 6.73. The topological polar surface area (TPSA) is 65.0 Å². The molecule has 3 unspecified atom stereocenters. The molecule has 0 aliphatic carbocycles. The average molecular weight is 334 g/mol. The van der Waals surface area contributed by atoms with Crippen LogP contribution in [0.3, 0.4) is 0 Å². The molecule has 5 nitrogen and oxygen atoms in total. The van der Waals surface area contributed by atoms with Crippen LogP contribution < -0.4 is 9.47 Å². The second kappa shape index (κ2) is 7.88. The Morgan fingerprint density at radius 1 is 1.08 bits per heavy atom. The highest BCUT2D eigenvalue weighted by Gasteiger charge is 2.40. The number of esters is 1. The average Bonchev–Trinajstić information content (AvgIpc) is 3.12. The number of benzene rings is 1. The van der Waals surface area contributed by atoms with Crippen molar-refractivity contribution in [2.24, 2.45) is 5.92 Å². The number of aliphatic hydroxyl groups is 1. The van der Waals surface area contributed by atoms with Crippen LogP contribution in [0.4, 0.5) is 0 Å². The first kappa shape index (κ1) is 17.1. The zero-order chi connectivity index (χ0) is 16.9. The Hall–Kier alpha value is -1.75. The van der Waals surface area contributed by atoms with Crippen LogP contribution in [0.25, 0.3) is 0 Å². The minimum absolute atomic E-state index is 0.238. The molecule has 0 radical (unpaired) electrons. The number of hydrogen-bond donors (Lipinski definition) is 1. The number of fused-ring (bicyclic) bond motifs is 1. The van der Waals surface area contributed by atoms with Gasteiger partial charge in [-0.15, -0.1) is 0 Å². The van der Waals surface area contributed by atoms with Gasteiger partial charge in [-0.05, 0) is 43.9 Å². The summed E-state index contributed by atoms with van der Waals surface area (Å²) in [6.45, 7) is 2.07. The van der Waals surface area contributed by atoms with E-state index in [9.17, 15) is 9.90 Å². The van der Waals surface area contributed by atoms with Crippen molar-refractivity contribution in [1.82, 2.24) is 0 Å². The van der Waals surface area contributed by atoms with Gasteiger partial charge in [0.05, 0.1) is 5.92 Å². The Balaban J connectivity index is 1.27. The summed E-state index contributed by atoms with van der Waals surface area (Å²) in [5.41, 5.74) is 1.28. The number of ether oxygens (including phenoxy) is 3.